The number of piperidine rings is 2. The van der Waals surface area contributed by atoms with Crippen LogP contribution >= 0.6 is 11.8 Å². The van der Waals surface area contributed by atoms with E-state index in [1.807, 2.05) is 29.2 Å². The van der Waals surface area contributed by atoms with Crippen molar-refractivity contribution in [1.29, 1.82) is 0 Å². The zero-order valence-corrected chi connectivity index (χ0v) is 18.8. The molecule has 2 fully saturated rings. The molecule has 1 aromatic heterocycles. The quantitative estimate of drug-likeness (QED) is 0.785. The number of likely N-dealkylation sites (tertiary alicyclic amines) is 2. The molecule has 4 rings (SSSR count). The van der Waals surface area contributed by atoms with Gasteiger partial charge in [-0.05, 0) is 50.7 Å². The monoisotopic (exact) mass is 428 g/mol. The van der Waals surface area contributed by atoms with E-state index in [0.717, 1.165) is 49.2 Å². The molecule has 2 aliphatic rings. The Morgan fingerprint density at radius 3 is 2.67 bits per heavy atom. The topological polar surface area (TPSA) is 69.3 Å². The maximum Gasteiger partial charge on any atom is 0.232 e. The van der Waals surface area contributed by atoms with Crippen molar-refractivity contribution in [2.45, 2.75) is 44.8 Å². The molecule has 2 amide bonds. The molecule has 7 heteroatoms. The Hall–Kier alpha value is -2.02. The van der Waals surface area contributed by atoms with E-state index < -0.39 is 0 Å². The average molecular weight is 429 g/mol. The van der Waals surface area contributed by atoms with Crippen LogP contribution in [0.4, 0.5) is 0 Å². The van der Waals surface area contributed by atoms with E-state index in [9.17, 15) is 9.59 Å². The van der Waals surface area contributed by atoms with E-state index in [1.165, 1.54) is 6.42 Å². The average Bonchev–Trinajstić information content (AvgIpc) is 3.21. The molecule has 0 spiro atoms. The van der Waals surface area contributed by atoms with Crippen LogP contribution in [0, 0.1) is 11.8 Å². The fraction of sp³-hybridized carbons (Fsp3) is 0.609. The summed E-state index contributed by atoms with van der Waals surface area (Å²) in [5.74, 6) is 2.52. The Morgan fingerprint density at radius 2 is 1.93 bits per heavy atom. The smallest absolute Gasteiger partial charge is 0.232 e. The highest BCUT2D eigenvalue weighted by Gasteiger charge is 2.31. The third-order valence-corrected chi connectivity index (χ3v) is 7.55. The summed E-state index contributed by atoms with van der Waals surface area (Å²) in [5.41, 5.74) is 1.99. The van der Waals surface area contributed by atoms with E-state index in [4.69, 9.17) is 0 Å². The maximum atomic E-state index is 12.8. The Labute approximate surface area is 182 Å². The number of fused-ring (bicyclic) bond motifs is 1. The van der Waals surface area contributed by atoms with Crippen LogP contribution in [0.15, 0.2) is 24.3 Å². The van der Waals surface area contributed by atoms with Gasteiger partial charge in [0, 0.05) is 32.1 Å². The van der Waals surface area contributed by atoms with Gasteiger partial charge in [0.25, 0.3) is 0 Å². The number of carbonyl (C=O) groups excluding carboxylic acids is 2. The third kappa shape index (κ3) is 4.82. The van der Waals surface area contributed by atoms with Gasteiger partial charge in [-0.25, -0.2) is 4.98 Å². The lowest BCUT2D eigenvalue weighted by molar-refractivity contribution is -0.141. The van der Waals surface area contributed by atoms with Gasteiger partial charge in [0.2, 0.25) is 11.8 Å². The first-order valence-electron chi connectivity index (χ1n) is 11.1. The van der Waals surface area contributed by atoms with Gasteiger partial charge in [0.05, 0.1) is 22.0 Å². The molecule has 0 aliphatic carbocycles. The summed E-state index contributed by atoms with van der Waals surface area (Å²) >= 11 is 1.62. The van der Waals surface area contributed by atoms with Crippen molar-refractivity contribution in [3.05, 3.63) is 30.1 Å². The van der Waals surface area contributed by atoms with Crippen LogP contribution in [0.1, 0.15) is 50.6 Å². The third-order valence-electron chi connectivity index (χ3n) is 6.42. The molecular weight excluding hydrogens is 396 g/mol. The van der Waals surface area contributed by atoms with Crippen molar-refractivity contribution in [3.8, 4) is 0 Å². The standard InChI is InChI=1S/C23H32N4O2S/c1-16-6-5-11-27(14-16)23(29)18-9-12-26(13-10-18)21(28)15-30-17(2)22-24-19-7-3-4-8-20(19)25-22/h3-4,7-8,16-18H,5-6,9-15H2,1-2H3,(H,24,25). The summed E-state index contributed by atoms with van der Waals surface area (Å²) in [6.07, 6.45) is 3.92. The number of aromatic amines is 1. The van der Waals surface area contributed by atoms with E-state index in [-0.39, 0.29) is 17.1 Å². The van der Waals surface area contributed by atoms with Crippen molar-refractivity contribution in [1.82, 2.24) is 19.8 Å². The maximum absolute atomic E-state index is 12.8. The molecule has 2 aromatic rings. The number of nitrogens with one attached hydrogen (secondary N) is 1. The molecule has 0 saturated carbocycles. The Morgan fingerprint density at radius 1 is 1.17 bits per heavy atom. The zero-order valence-electron chi connectivity index (χ0n) is 18.0. The number of H-pyrrole nitrogens is 1. The molecule has 2 unspecified atom stereocenters. The van der Waals surface area contributed by atoms with Crippen molar-refractivity contribution < 1.29 is 9.59 Å². The van der Waals surface area contributed by atoms with Crippen molar-refractivity contribution in [3.63, 3.8) is 0 Å². The lowest BCUT2D eigenvalue weighted by Gasteiger charge is -2.37. The number of hydrogen-bond donors (Lipinski definition) is 1. The normalized spacial score (nSPS) is 21.7. The van der Waals surface area contributed by atoms with Crippen molar-refractivity contribution in [2.75, 3.05) is 31.9 Å². The second-order valence-corrected chi connectivity index (χ2v) is 10.1. The first kappa shape index (κ1) is 21.2. The van der Waals surface area contributed by atoms with E-state index >= 15 is 0 Å². The Balaban J connectivity index is 1.23. The van der Waals surface area contributed by atoms with E-state index in [2.05, 4.69) is 28.7 Å². The Kier molecular flexibility index (Phi) is 6.66. The summed E-state index contributed by atoms with van der Waals surface area (Å²) in [6.45, 7) is 7.49. The van der Waals surface area contributed by atoms with Gasteiger partial charge in [0.1, 0.15) is 5.82 Å². The predicted octanol–water partition coefficient (Wildman–Crippen LogP) is 3.85. The second-order valence-electron chi connectivity index (χ2n) is 8.78. The molecule has 162 valence electrons. The molecule has 3 heterocycles. The van der Waals surface area contributed by atoms with E-state index in [0.29, 0.717) is 30.7 Å². The summed E-state index contributed by atoms with van der Waals surface area (Å²) in [5, 5.41) is 0.126. The molecule has 6 nitrogen and oxygen atoms in total. The number of aromatic nitrogens is 2. The predicted molar refractivity (Wildman–Crippen MR) is 121 cm³/mol. The minimum atomic E-state index is 0.0847. The van der Waals surface area contributed by atoms with Crippen molar-refractivity contribution >= 4 is 34.6 Å². The van der Waals surface area contributed by atoms with Crippen LogP contribution in [0.2, 0.25) is 0 Å². The number of benzene rings is 1. The van der Waals surface area contributed by atoms with Crippen LogP contribution in [0.5, 0.6) is 0 Å². The largest absolute Gasteiger partial charge is 0.342 e. The number of amides is 2. The number of para-hydroxylation sites is 2. The van der Waals surface area contributed by atoms with E-state index in [1.54, 1.807) is 11.8 Å². The summed E-state index contributed by atoms with van der Waals surface area (Å²) < 4.78 is 0. The molecule has 1 aromatic carbocycles. The zero-order chi connectivity index (χ0) is 21.1. The highest BCUT2D eigenvalue weighted by Crippen LogP contribution is 2.29. The first-order valence-corrected chi connectivity index (χ1v) is 12.2. The number of thioether (sulfide) groups is 1. The number of nitrogens with zero attached hydrogens (tertiary/aromatic N) is 3. The number of imidazole rings is 1. The summed E-state index contributed by atoms with van der Waals surface area (Å²) in [7, 11) is 0. The van der Waals surface area contributed by atoms with Gasteiger partial charge < -0.3 is 14.8 Å². The van der Waals surface area contributed by atoms with Crippen LogP contribution in [0.25, 0.3) is 11.0 Å². The fourth-order valence-corrected chi connectivity index (χ4v) is 5.40. The minimum Gasteiger partial charge on any atom is -0.342 e. The van der Waals surface area contributed by atoms with Gasteiger partial charge in [-0.1, -0.05) is 19.1 Å². The molecule has 0 radical (unpaired) electrons. The van der Waals surface area contributed by atoms with Crippen molar-refractivity contribution in [2.24, 2.45) is 11.8 Å². The first-order chi connectivity index (χ1) is 14.5. The molecule has 2 aliphatic heterocycles. The Bertz CT molecular complexity index is 857. The number of hydrogen-bond acceptors (Lipinski definition) is 4. The molecule has 0 bridgehead atoms. The molecule has 1 N–H and O–H groups in total. The lowest BCUT2D eigenvalue weighted by Crippen LogP contribution is -2.47. The van der Waals surface area contributed by atoms with Gasteiger partial charge in [-0.2, -0.15) is 0 Å². The van der Waals surface area contributed by atoms with Crippen LogP contribution < -0.4 is 0 Å². The molecular formula is C23H32N4O2S. The fourth-order valence-electron chi connectivity index (χ4n) is 4.56. The highest BCUT2D eigenvalue weighted by atomic mass is 32.2. The number of carbonyl (C=O) groups is 2. The van der Waals surface area contributed by atoms with Crippen LogP contribution in [-0.4, -0.2) is 63.5 Å². The highest BCUT2D eigenvalue weighted by molar-refractivity contribution is 8.00. The second kappa shape index (κ2) is 9.41. The molecule has 2 atom stereocenters. The van der Waals surface area contributed by atoms with Gasteiger partial charge in [0.15, 0.2) is 0 Å². The molecule has 2 saturated heterocycles. The van der Waals surface area contributed by atoms with Crippen LogP contribution in [-0.2, 0) is 9.59 Å². The minimum absolute atomic E-state index is 0.0847. The number of rotatable bonds is 5. The molecule has 30 heavy (non-hydrogen) atoms. The van der Waals surface area contributed by atoms with Gasteiger partial charge in [-0.15, -0.1) is 11.8 Å². The SMILES string of the molecule is CC1CCCN(C(=O)C2CCN(C(=O)CSC(C)c3nc4ccccc4[nH]3)CC2)C1. The summed E-state index contributed by atoms with van der Waals surface area (Å²) in [6, 6.07) is 7.98. The lowest BCUT2D eigenvalue weighted by atomic mass is 9.93. The van der Waals surface area contributed by atoms with Crippen LogP contribution in [0.3, 0.4) is 0 Å². The van der Waals surface area contributed by atoms with Gasteiger partial charge in [-0.3, -0.25) is 9.59 Å². The summed E-state index contributed by atoms with van der Waals surface area (Å²) in [4.78, 5) is 37.5. The van der Waals surface area contributed by atoms with Gasteiger partial charge >= 0.3 is 0 Å².